The van der Waals surface area contributed by atoms with E-state index >= 15 is 0 Å². The predicted octanol–water partition coefficient (Wildman–Crippen LogP) is 2.25. The number of hydrogen-bond donors (Lipinski definition) is 1. The largest absolute Gasteiger partial charge is 0.508 e. The summed E-state index contributed by atoms with van der Waals surface area (Å²) in [6.07, 6.45) is 3.45. The van der Waals surface area contributed by atoms with Crippen molar-refractivity contribution in [3.8, 4) is 28.3 Å². The van der Waals surface area contributed by atoms with Crippen LogP contribution in [0.5, 0.6) is 5.75 Å². The molecule has 0 radical (unpaired) electrons. The van der Waals surface area contributed by atoms with Gasteiger partial charge in [-0.1, -0.05) is 0 Å². The van der Waals surface area contributed by atoms with Crippen LogP contribution in [0.4, 0.5) is 0 Å². The molecular weight excluding hydrogens is 240 g/mol. The number of phenols is 1. The van der Waals surface area contributed by atoms with Crippen molar-refractivity contribution in [1.29, 1.82) is 0 Å². The Hall–Kier alpha value is -2.69. The number of aromatic hydroxyl groups is 1. The Morgan fingerprint density at radius 2 is 1.37 bits per heavy atom. The van der Waals surface area contributed by atoms with Gasteiger partial charge in [0, 0.05) is 30.6 Å². The Labute approximate surface area is 110 Å². The lowest BCUT2D eigenvalue weighted by Crippen LogP contribution is -1.92. The minimum absolute atomic E-state index is 0.234. The monoisotopic (exact) mass is 252 g/mol. The van der Waals surface area contributed by atoms with Crippen LogP contribution in [0, 0.1) is 0 Å². The van der Waals surface area contributed by atoms with Crippen molar-refractivity contribution in [2.24, 2.45) is 7.05 Å². The average molecular weight is 252 g/mol. The first-order valence-electron chi connectivity index (χ1n) is 5.85. The van der Waals surface area contributed by atoms with Crippen molar-refractivity contribution in [2.75, 3.05) is 0 Å². The van der Waals surface area contributed by atoms with E-state index in [9.17, 15) is 5.11 Å². The van der Waals surface area contributed by atoms with Crippen LogP contribution in [-0.4, -0.2) is 25.1 Å². The molecule has 1 aromatic carbocycles. The maximum atomic E-state index is 9.35. The van der Waals surface area contributed by atoms with E-state index in [-0.39, 0.29) is 5.75 Å². The van der Waals surface area contributed by atoms with Gasteiger partial charge in [0.1, 0.15) is 17.1 Å². The molecule has 0 atom stereocenters. The van der Waals surface area contributed by atoms with Gasteiger partial charge in [0.15, 0.2) is 0 Å². The highest BCUT2D eigenvalue weighted by Gasteiger charge is 2.13. The molecule has 0 amide bonds. The molecule has 0 saturated heterocycles. The van der Waals surface area contributed by atoms with Crippen LogP contribution in [0.1, 0.15) is 0 Å². The van der Waals surface area contributed by atoms with E-state index in [2.05, 4.69) is 15.2 Å². The minimum atomic E-state index is 0.234. The molecule has 2 heterocycles. The lowest BCUT2D eigenvalue weighted by atomic mass is 10.1. The van der Waals surface area contributed by atoms with E-state index in [1.807, 2.05) is 24.3 Å². The number of aryl methyl sites for hydroxylation is 1. The molecule has 94 valence electrons. The molecule has 0 spiro atoms. The maximum absolute atomic E-state index is 9.35. The molecule has 19 heavy (non-hydrogen) atoms. The van der Waals surface area contributed by atoms with E-state index in [1.165, 1.54) is 4.80 Å². The van der Waals surface area contributed by atoms with Gasteiger partial charge in [0.2, 0.25) is 0 Å². The first kappa shape index (κ1) is 11.4. The van der Waals surface area contributed by atoms with Crippen LogP contribution in [0.15, 0.2) is 48.8 Å². The van der Waals surface area contributed by atoms with Crippen LogP contribution in [0.25, 0.3) is 22.5 Å². The molecular formula is C14H12N4O. The van der Waals surface area contributed by atoms with E-state index in [4.69, 9.17) is 0 Å². The quantitative estimate of drug-likeness (QED) is 0.759. The molecule has 3 aromatic rings. The highest BCUT2D eigenvalue weighted by molar-refractivity contribution is 5.77. The number of phenolic OH excluding ortho intramolecular Hbond substituents is 1. The third-order valence-corrected chi connectivity index (χ3v) is 2.81. The van der Waals surface area contributed by atoms with Crippen molar-refractivity contribution in [2.45, 2.75) is 0 Å². The van der Waals surface area contributed by atoms with Gasteiger partial charge in [-0.05, 0) is 36.4 Å². The summed E-state index contributed by atoms with van der Waals surface area (Å²) < 4.78 is 0. The first-order valence-corrected chi connectivity index (χ1v) is 5.85. The van der Waals surface area contributed by atoms with E-state index in [0.717, 1.165) is 22.5 Å². The number of aromatic nitrogens is 4. The molecule has 0 saturated carbocycles. The Balaban J connectivity index is 2.15. The summed E-state index contributed by atoms with van der Waals surface area (Å²) in [5.41, 5.74) is 3.47. The van der Waals surface area contributed by atoms with Crippen LogP contribution in [-0.2, 0) is 7.05 Å². The molecule has 2 aromatic heterocycles. The summed E-state index contributed by atoms with van der Waals surface area (Å²) in [5.74, 6) is 0.234. The Morgan fingerprint density at radius 1 is 0.842 bits per heavy atom. The van der Waals surface area contributed by atoms with E-state index < -0.39 is 0 Å². The summed E-state index contributed by atoms with van der Waals surface area (Å²) >= 11 is 0. The third-order valence-electron chi connectivity index (χ3n) is 2.81. The zero-order chi connectivity index (χ0) is 13.2. The number of rotatable bonds is 2. The van der Waals surface area contributed by atoms with Crippen LogP contribution in [0.3, 0.4) is 0 Å². The van der Waals surface area contributed by atoms with Crippen molar-refractivity contribution in [3.05, 3.63) is 48.8 Å². The second kappa shape index (κ2) is 4.53. The van der Waals surface area contributed by atoms with Gasteiger partial charge in [-0.25, -0.2) is 0 Å². The number of nitrogens with zero attached hydrogens (tertiary/aromatic N) is 4. The predicted molar refractivity (Wildman–Crippen MR) is 71.3 cm³/mol. The minimum Gasteiger partial charge on any atom is -0.508 e. The van der Waals surface area contributed by atoms with Gasteiger partial charge in [-0.2, -0.15) is 15.0 Å². The smallest absolute Gasteiger partial charge is 0.121 e. The Morgan fingerprint density at radius 3 is 1.95 bits per heavy atom. The zero-order valence-corrected chi connectivity index (χ0v) is 10.4. The standard InChI is InChI=1S/C14H12N4O/c1-18-16-13(10-2-4-12(19)5-3-10)14(17-18)11-6-8-15-9-7-11/h2-9,19H,1H3. The molecule has 3 rings (SSSR count). The van der Waals surface area contributed by atoms with Crippen molar-refractivity contribution in [1.82, 2.24) is 20.0 Å². The topological polar surface area (TPSA) is 63.8 Å². The molecule has 0 bridgehead atoms. The summed E-state index contributed by atoms with van der Waals surface area (Å²) in [7, 11) is 1.79. The van der Waals surface area contributed by atoms with Crippen molar-refractivity contribution in [3.63, 3.8) is 0 Å². The number of pyridine rings is 1. The van der Waals surface area contributed by atoms with Crippen LogP contribution in [0.2, 0.25) is 0 Å². The second-order valence-electron chi connectivity index (χ2n) is 4.17. The lowest BCUT2D eigenvalue weighted by molar-refractivity contribution is 0.475. The van der Waals surface area contributed by atoms with Gasteiger partial charge in [0.05, 0.1) is 0 Å². The molecule has 0 fully saturated rings. The van der Waals surface area contributed by atoms with Gasteiger partial charge < -0.3 is 5.11 Å². The molecule has 0 aliphatic carbocycles. The normalized spacial score (nSPS) is 10.6. The van der Waals surface area contributed by atoms with Gasteiger partial charge in [-0.3, -0.25) is 4.98 Å². The highest BCUT2D eigenvalue weighted by Crippen LogP contribution is 2.29. The fraction of sp³-hybridized carbons (Fsp3) is 0.0714. The van der Waals surface area contributed by atoms with Gasteiger partial charge in [0.25, 0.3) is 0 Å². The third kappa shape index (κ3) is 2.18. The summed E-state index contributed by atoms with van der Waals surface area (Å²) in [6, 6.07) is 10.7. The number of hydrogen-bond acceptors (Lipinski definition) is 4. The van der Waals surface area contributed by atoms with Gasteiger partial charge >= 0.3 is 0 Å². The highest BCUT2D eigenvalue weighted by atomic mass is 16.3. The Kier molecular flexibility index (Phi) is 2.72. The zero-order valence-electron chi connectivity index (χ0n) is 10.4. The summed E-state index contributed by atoms with van der Waals surface area (Å²) in [4.78, 5) is 5.54. The van der Waals surface area contributed by atoms with E-state index in [1.54, 1.807) is 31.6 Å². The molecule has 5 heteroatoms. The fourth-order valence-corrected chi connectivity index (χ4v) is 1.92. The van der Waals surface area contributed by atoms with Crippen molar-refractivity contribution < 1.29 is 5.11 Å². The fourth-order valence-electron chi connectivity index (χ4n) is 1.92. The molecule has 0 aliphatic rings. The average Bonchev–Trinajstić information content (AvgIpc) is 2.83. The summed E-state index contributed by atoms with van der Waals surface area (Å²) in [6.45, 7) is 0. The maximum Gasteiger partial charge on any atom is 0.121 e. The first-order chi connectivity index (χ1) is 9.24. The van der Waals surface area contributed by atoms with E-state index in [0.29, 0.717) is 0 Å². The number of benzene rings is 1. The van der Waals surface area contributed by atoms with Crippen LogP contribution < -0.4 is 0 Å². The lowest BCUT2D eigenvalue weighted by Gasteiger charge is -2.01. The molecule has 1 N–H and O–H groups in total. The van der Waals surface area contributed by atoms with Gasteiger partial charge in [-0.15, -0.1) is 0 Å². The second-order valence-corrected chi connectivity index (χ2v) is 4.17. The Bertz CT molecular complexity index is 689. The molecule has 0 aliphatic heterocycles. The SMILES string of the molecule is Cn1nc(-c2ccncc2)c(-c2ccc(O)cc2)n1. The summed E-state index contributed by atoms with van der Waals surface area (Å²) in [5, 5.41) is 18.1. The van der Waals surface area contributed by atoms with Crippen LogP contribution >= 0.6 is 0 Å². The van der Waals surface area contributed by atoms with Crippen molar-refractivity contribution >= 4 is 0 Å². The molecule has 0 unspecified atom stereocenters. The molecule has 5 nitrogen and oxygen atoms in total.